The van der Waals surface area contributed by atoms with Gasteiger partial charge in [-0.05, 0) is 0 Å². The first kappa shape index (κ1) is 32.6. The van der Waals surface area contributed by atoms with Gasteiger partial charge in [0.25, 0.3) is 0 Å². The van der Waals surface area contributed by atoms with Crippen LogP contribution in [0.1, 0.15) is 55.6 Å². The van der Waals surface area contributed by atoms with Crippen molar-refractivity contribution >= 4 is 0 Å². The van der Waals surface area contributed by atoms with Gasteiger partial charge in [0.15, 0.2) is 0 Å². The van der Waals surface area contributed by atoms with Crippen LogP contribution >= 0.6 is 0 Å². The molecule has 0 amide bonds. The average Bonchev–Trinajstić information content (AvgIpc) is 3.56. The summed E-state index contributed by atoms with van der Waals surface area (Å²) in [5, 5.41) is 0. The molecule has 0 unspecified atom stereocenters. The minimum Gasteiger partial charge on any atom is -0.214 e. The Hall–Kier alpha value is -1.56. The molecule has 0 aliphatic rings. The molecule has 0 saturated carbocycles. The molecule has 0 aromatic heterocycles. The van der Waals surface area contributed by atoms with E-state index in [1.165, 1.54) is 55.6 Å². The fourth-order valence-electron chi connectivity index (χ4n) is 3.45. The molecule has 32 heavy (non-hydrogen) atoms. The van der Waals surface area contributed by atoms with E-state index in [4.69, 9.17) is 0 Å². The average molecular weight is 512 g/mol. The molecule has 176 valence electrons. The zero-order valence-corrected chi connectivity index (χ0v) is 23.7. The van der Waals surface area contributed by atoms with Crippen molar-refractivity contribution in [1.29, 1.82) is 0 Å². The summed E-state index contributed by atoms with van der Waals surface area (Å²) in [6, 6.07) is 20.0. The topological polar surface area (TPSA) is 0 Å². The van der Waals surface area contributed by atoms with Gasteiger partial charge in [-0.25, -0.2) is 24.3 Å². The summed E-state index contributed by atoms with van der Waals surface area (Å²) in [6.07, 6.45) is 0. The smallest absolute Gasteiger partial charge is 0.214 e. The Morgan fingerprint density at radius 2 is 0.625 bits per heavy atom. The number of hydrogen-bond acceptors (Lipinski definition) is 0. The predicted octanol–water partition coefficient (Wildman–Crippen LogP) is 8.70. The Bertz CT molecular complexity index is 698. The van der Waals surface area contributed by atoms with Crippen molar-refractivity contribution in [3.8, 4) is 0 Å². The van der Waals surface area contributed by atoms with Crippen molar-refractivity contribution in [2.24, 2.45) is 0 Å². The van der Waals surface area contributed by atoms with Crippen LogP contribution in [0.25, 0.3) is 0 Å². The van der Waals surface area contributed by atoms with E-state index in [0.29, 0.717) is 0 Å². The van der Waals surface area contributed by atoms with Gasteiger partial charge in [-0.1, -0.05) is 69.2 Å². The van der Waals surface area contributed by atoms with Crippen LogP contribution in [0.2, 0.25) is 0 Å². The van der Waals surface area contributed by atoms with Gasteiger partial charge in [0.05, 0.1) is 0 Å². The van der Waals surface area contributed by atoms with Crippen LogP contribution in [0.4, 0.5) is 0 Å². The van der Waals surface area contributed by atoms with Crippen LogP contribution in [0.5, 0.6) is 0 Å². The molecule has 4 aromatic rings. The summed E-state index contributed by atoms with van der Waals surface area (Å²) >= 11 is 0. The largest absolute Gasteiger partial charge is 2.00 e. The maximum atomic E-state index is 2.20. The molecule has 0 bridgehead atoms. The third-order valence-electron chi connectivity index (χ3n) is 6.74. The van der Waals surface area contributed by atoms with Gasteiger partial charge < -0.3 is 0 Å². The summed E-state index contributed by atoms with van der Waals surface area (Å²) < 4.78 is 0. The normalized spacial score (nSPS) is 9.06. The van der Waals surface area contributed by atoms with E-state index in [2.05, 4.69) is 69.2 Å². The van der Waals surface area contributed by atoms with Gasteiger partial charge in [-0.15, -0.1) is 0 Å². The van der Waals surface area contributed by atoms with Crippen LogP contribution in [0.15, 0.2) is 60.7 Å². The quantitative estimate of drug-likeness (QED) is 0.163. The number of hydrogen-bond donors (Lipinski definition) is 0. The van der Waals surface area contributed by atoms with E-state index in [1.54, 1.807) is 0 Å². The summed E-state index contributed by atoms with van der Waals surface area (Å²) in [6.45, 7) is 22.0. The number of rotatable bonds is 0. The van der Waals surface area contributed by atoms with E-state index < -0.39 is 0 Å². The zero-order chi connectivity index (χ0) is 22.8. The fourth-order valence-corrected chi connectivity index (χ4v) is 3.45. The van der Waals surface area contributed by atoms with E-state index in [9.17, 15) is 0 Å². The fraction of sp³-hybridized carbons (Fsp3) is 0.333. The van der Waals surface area contributed by atoms with Crippen molar-refractivity contribution in [3.63, 3.8) is 0 Å². The minimum atomic E-state index is 0. The molecule has 0 N–H and O–H groups in total. The van der Waals surface area contributed by atoms with E-state index in [0.717, 1.165) is 0 Å². The van der Waals surface area contributed by atoms with E-state index >= 15 is 0 Å². The maximum Gasteiger partial charge on any atom is 2.00 e. The first-order valence-electron chi connectivity index (χ1n) is 10.8. The zero-order valence-electron chi connectivity index (χ0n) is 21.5. The second-order valence-electron chi connectivity index (χ2n) is 8.17. The van der Waals surface area contributed by atoms with Crippen molar-refractivity contribution in [2.75, 3.05) is 0 Å². The SMILES string of the molecule is Cc1c(C)c(C)[c-](C)c1C.Cc1c(C)c(C)[c-](C)c1C.[Fe+2].[Fe+2].c1cc[cH-]c1.c1cc[cH-]c1. The molecule has 0 radical (unpaired) electrons. The van der Waals surface area contributed by atoms with Crippen molar-refractivity contribution in [2.45, 2.75) is 69.2 Å². The first-order valence-corrected chi connectivity index (χ1v) is 10.8. The van der Waals surface area contributed by atoms with Gasteiger partial charge >= 0.3 is 34.1 Å². The molecule has 0 atom stereocenters. The molecular weight excluding hydrogens is 472 g/mol. The monoisotopic (exact) mass is 512 g/mol. The van der Waals surface area contributed by atoms with Crippen molar-refractivity contribution < 1.29 is 34.1 Å². The van der Waals surface area contributed by atoms with Gasteiger partial charge in [0.1, 0.15) is 0 Å². The Kier molecular flexibility index (Phi) is 16.4. The second-order valence-corrected chi connectivity index (χ2v) is 8.17. The molecule has 0 heterocycles. The Morgan fingerprint density at radius 3 is 0.688 bits per heavy atom. The van der Waals surface area contributed by atoms with Crippen LogP contribution in [0, 0.1) is 69.2 Å². The Morgan fingerprint density at radius 1 is 0.438 bits per heavy atom. The molecule has 0 spiro atoms. The van der Waals surface area contributed by atoms with Crippen molar-refractivity contribution in [3.05, 3.63) is 116 Å². The van der Waals surface area contributed by atoms with Gasteiger partial charge in [-0.3, -0.25) is 0 Å². The molecule has 0 nitrogen and oxygen atoms in total. The second kappa shape index (κ2) is 16.1. The van der Waals surface area contributed by atoms with Crippen LogP contribution in [-0.4, -0.2) is 0 Å². The third-order valence-corrected chi connectivity index (χ3v) is 6.74. The van der Waals surface area contributed by atoms with Gasteiger partial charge in [0.2, 0.25) is 0 Å². The van der Waals surface area contributed by atoms with Crippen LogP contribution < -0.4 is 0 Å². The third kappa shape index (κ3) is 9.13. The summed E-state index contributed by atoms with van der Waals surface area (Å²) in [4.78, 5) is 0. The summed E-state index contributed by atoms with van der Waals surface area (Å²) in [5.41, 5.74) is 14.7. The standard InChI is InChI=1S/2C10H15.2C5H5.2Fe/c2*1-6-7(2)9(4)10(5)8(6)3;2*1-2-4-5-3-1;;/h2*1-5H3;2*1-5H;;/q4*-1;2*+2. The molecule has 0 aliphatic carbocycles. The molecule has 0 fully saturated rings. The van der Waals surface area contributed by atoms with Crippen LogP contribution in [0.3, 0.4) is 0 Å². The minimum absolute atomic E-state index is 0. The predicted molar refractivity (Wildman–Crippen MR) is 136 cm³/mol. The van der Waals surface area contributed by atoms with Gasteiger partial charge in [-0.2, -0.15) is 92.0 Å². The van der Waals surface area contributed by atoms with E-state index in [-0.39, 0.29) is 34.1 Å². The summed E-state index contributed by atoms with van der Waals surface area (Å²) in [5.74, 6) is 0. The first-order chi connectivity index (χ1) is 14.1. The molecule has 4 aromatic carbocycles. The Balaban J connectivity index is 0. The van der Waals surface area contributed by atoms with Gasteiger partial charge in [0, 0.05) is 0 Å². The van der Waals surface area contributed by atoms with Crippen molar-refractivity contribution in [1.82, 2.24) is 0 Å². The molecule has 4 rings (SSSR count). The molecule has 0 aliphatic heterocycles. The maximum absolute atomic E-state index is 2.20. The Labute approximate surface area is 218 Å². The molecule has 0 saturated heterocycles. The summed E-state index contributed by atoms with van der Waals surface area (Å²) in [7, 11) is 0. The molecular formula is C30H40Fe2. The van der Waals surface area contributed by atoms with Crippen LogP contribution in [-0.2, 0) is 34.1 Å². The molecule has 2 heteroatoms. The van der Waals surface area contributed by atoms with E-state index in [1.807, 2.05) is 60.7 Å².